The average molecular weight is 556 g/mol. The van der Waals surface area contributed by atoms with Gasteiger partial charge in [0.05, 0.1) is 17.7 Å². The summed E-state index contributed by atoms with van der Waals surface area (Å²) in [5.41, 5.74) is 1.77. The minimum atomic E-state index is -3.87. The molecule has 0 saturated carbocycles. The van der Waals surface area contributed by atoms with Crippen molar-refractivity contribution < 1.29 is 21.6 Å². The smallest absolute Gasteiger partial charge is 0.243 e. The van der Waals surface area contributed by atoms with E-state index >= 15 is 0 Å². The highest BCUT2D eigenvalue weighted by atomic mass is 35.5. The second-order valence-corrected chi connectivity index (χ2v) is 13.6. The number of benzene rings is 2. The van der Waals surface area contributed by atoms with Crippen LogP contribution in [0.5, 0.6) is 0 Å². The molecule has 0 spiro atoms. The van der Waals surface area contributed by atoms with Crippen LogP contribution in [-0.4, -0.2) is 74.7 Å². The van der Waals surface area contributed by atoms with Crippen LogP contribution in [-0.2, 0) is 31.4 Å². The van der Waals surface area contributed by atoms with E-state index in [0.717, 1.165) is 11.1 Å². The van der Waals surface area contributed by atoms with Gasteiger partial charge in [0.1, 0.15) is 0 Å². The van der Waals surface area contributed by atoms with E-state index in [4.69, 9.17) is 11.6 Å². The molecule has 2 aromatic carbocycles. The zero-order chi connectivity index (χ0) is 26.5. The van der Waals surface area contributed by atoms with Crippen molar-refractivity contribution in [3.8, 4) is 0 Å². The summed E-state index contributed by atoms with van der Waals surface area (Å²) in [5.74, 6) is -0.322. The molecule has 1 heterocycles. The quantitative estimate of drug-likeness (QED) is 0.447. The average Bonchev–Trinajstić information content (AvgIpc) is 2.82. The van der Waals surface area contributed by atoms with E-state index < -0.39 is 20.0 Å². The van der Waals surface area contributed by atoms with Crippen molar-refractivity contribution in [3.05, 3.63) is 64.7 Å². The summed E-state index contributed by atoms with van der Waals surface area (Å²) in [6.07, 6.45) is 2.68. The maximum Gasteiger partial charge on any atom is 0.243 e. The molecule has 0 atom stereocenters. The number of halogens is 1. The van der Waals surface area contributed by atoms with Gasteiger partial charge in [-0.1, -0.05) is 48.4 Å². The second-order valence-electron chi connectivity index (χ2n) is 9.20. The fraction of sp³-hybridized carbons (Fsp3) is 0.480. The molecule has 1 fully saturated rings. The van der Waals surface area contributed by atoms with Crippen LogP contribution in [0.2, 0.25) is 5.02 Å². The largest absolute Gasteiger partial charge is 0.334 e. The van der Waals surface area contributed by atoms with Gasteiger partial charge < -0.3 is 4.90 Å². The number of hydrogen-bond donors (Lipinski definition) is 0. The molecule has 0 aliphatic carbocycles. The minimum Gasteiger partial charge on any atom is -0.334 e. The Bertz CT molecular complexity index is 1260. The van der Waals surface area contributed by atoms with Crippen molar-refractivity contribution in [1.82, 2.24) is 13.5 Å². The van der Waals surface area contributed by atoms with Crippen LogP contribution in [0.3, 0.4) is 0 Å². The maximum absolute atomic E-state index is 13.7. The van der Waals surface area contributed by atoms with Crippen molar-refractivity contribution in [2.45, 2.75) is 50.6 Å². The third kappa shape index (κ3) is 7.29. The summed E-state index contributed by atoms with van der Waals surface area (Å²) in [6, 6.07) is 13.6. The highest BCUT2D eigenvalue weighted by Gasteiger charge is 2.34. The van der Waals surface area contributed by atoms with Crippen LogP contribution in [0.25, 0.3) is 0 Å². The minimum absolute atomic E-state index is 0.150. The van der Waals surface area contributed by atoms with Gasteiger partial charge in [-0.25, -0.2) is 21.1 Å². The van der Waals surface area contributed by atoms with E-state index in [9.17, 15) is 21.6 Å². The molecule has 0 aromatic heterocycles. The second kappa shape index (κ2) is 12.0. The first-order valence-electron chi connectivity index (χ1n) is 12.0. The standard InChI is InChI=1S/C25H34ClN3O5S2/c1-4-14-28(36(33,34)24-10-8-20(2)9-11-24)19-25(30)29(18-21-6-5-7-22(26)17-21)23-12-15-27(16-13-23)35(3,31)32/h5-11,17,23H,4,12-16,18-19H2,1-3H3. The van der Waals surface area contributed by atoms with Crippen LogP contribution in [0.1, 0.15) is 37.3 Å². The van der Waals surface area contributed by atoms with E-state index in [1.165, 1.54) is 14.9 Å². The Morgan fingerprint density at radius 2 is 1.69 bits per heavy atom. The number of piperidine rings is 1. The van der Waals surface area contributed by atoms with Crippen LogP contribution in [0.4, 0.5) is 0 Å². The van der Waals surface area contributed by atoms with Crippen LogP contribution >= 0.6 is 11.6 Å². The number of hydrogen-bond acceptors (Lipinski definition) is 5. The van der Waals surface area contributed by atoms with Gasteiger partial charge in [-0.05, 0) is 56.0 Å². The van der Waals surface area contributed by atoms with Gasteiger partial charge >= 0.3 is 0 Å². The zero-order valence-electron chi connectivity index (χ0n) is 20.9. The first-order valence-corrected chi connectivity index (χ1v) is 15.6. The molecule has 0 radical (unpaired) electrons. The predicted octanol–water partition coefficient (Wildman–Crippen LogP) is 3.50. The number of carbonyl (C=O) groups is 1. The number of rotatable bonds is 10. The maximum atomic E-state index is 13.7. The van der Waals surface area contributed by atoms with Gasteiger partial charge in [-0.15, -0.1) is 0 Å². The molecule has 8 nitrogen and oxygen atoms in total. The van der Waals surface area contributed by atoms with Gasteiger partial charge in [0.15, 0.2) is 0 Å². The van der Waals surface area contributed by atoms with Crippen molar-refractivity contribution in [1.29, 1.82) is 0 Å². The number of sulfonamides is 2. The van der Waals surface area contributed by atoms with Crippen LogP contribution in [0, 0.1) is 6.92 Å². The molecular formula is C25H34ClN3O5S2. The van der Waals surface area contributed by atoms with Gasteiger partial charge in [0.25, 0.3) is 0 Å². The van der Waals surface area contributed by atoms with E-state index in [0.29, 0.717) is 37.4 Å². The predicted molar refractivity (Wildman–Crippen MR) is 142 cm³/mol. The third-order valence-corrected chi connectivity index (χ3v) is 9.74. The Hall–Kier alpha value is -1.98. The topological polar surface area (TPSA) is 95.1 Å². The molecule has 1 saturated heterocycles. The molecule has 3 rings (SSSR count). The third-order valence-electron chi connectivity index (χ3n) is 6.34. The highest BCUT2D eigenvalue weighted by molar-refractivity contribution is 7.89. The number of carbonyl (C=O) groups excluding carboxylic acids is 1. The lowest BCUT2D eigenvalue weighted by Gasteiger charge is -2.38. The molecule has 1 aliphatic heterocycles. The van der Waals surface area contributed by atoms with Gasteiger partial charge in [-0.2, -0.15) is 4.31 Å². The summed E-state index contributed by atoms with van der Waals surface area (Å²) < 4.78 is 53.4. The number of aryl methyl sites for hydroxylation is 1. The fourth-order valence-electron chi connectivity index (χ4n) is 4.37. The Kier molecular flexibility index (Phi) is 9.56. The molecule has 198 valence electrons. The molecule has 1 aliphatic rings. The summed E-state index contributed by atoms with van der Waals surface area (Å²) in [5, 5.41) is 0.543. The molecule has 36 heavy (non-hydrogen) atoms. The molecule has 11 heteroatoms. The first kappa shape index (κ1) is 28.6. The highest BCUT2D eigenvalue weighted by Crippen LogP contribution is 2.24. The Balaban J connectivity index is 1.86. The monoisotopic (exact) mass is 555 g/mol. The lowest BCUT2D eigenvalue weighted by Crippen LogP contribution is -2.51. The lowest BCUT2D eigenvalue weighted by atomic mass is 10.0. The lowest BCUT2D eigenvalue weighted by molar-refractivity contribution is -0.135. The van der Waals surface area contributed by atoms with Gasteiger partial charge in [0, 0.05) is 37.2 Å². The van der Waals surface area contributed by atoms with E-state index in [2.05, 4.69) is 0 Å². The fourth-order valence-corrected chi connectivity index (χ4v) is 6.94. The van der Waals surface area contributed by atoms with Crippen molar-refractivity contribution in [2.24, 2.45) is 0 Å². The normalized spacial score (nSPS) is 15.8. The molecule has 0 N–H and O–H groups in total. The molecule has 2 aromatic rings. The number of nitrogens with zero attached hydrogens (tertiary/aromatic N) is 3. The van der Waals surface area contributed by atoms with Crippen LogP contribution in [0.15, 0.2) is 53.4 Å². The Morgan fingerprint density at radius 3 is 2.25 bits per heavy atom. The summed E-state index contributed by atoms with van der Waals surface area (Å²) in [7, 11) is -7.18. The molecule has 0 unspecified atom stereocenters. The van der Waals surface area contributed by atoms with Crippen molar-refractivity contribution >= 4 is 37.6 Å². The van der Waals surface area contributed by atoms with E-state index in [-0.39, 0.29) is 36.5 Å². The van der Waals surface area contributed by atoms with E-state index in [1.807, 2.05) is 19.9 Å². The van der Waals surface area contributed by atoms with Crippen LogP contribution < -0.4 is 0 Å². The molecule has 1 amide bonds. The summed E-state index contributed by atoms with van der Waals surface area (Å²) >= 11 is 6.16. The summed E-state index contributed by atoms with van der Waals surface area (Å²) in [4.78, 5) is 15.5. The van der Waals surface area contributed by atoms with Gasteiger partial charge in [0.2, 0.25) is 26.0 Å². The van der Waals surface area contributed by atoms with Crippen molar-refractivity contribution in [2.75, 3.05) is 32.4 Å². The zero-order valence-corrected chi connectivity index (χ0v) is 23.3. The molecule has 0 bridgehead atoms. The first-order chi connectivity index (χ1) is 16.9. The van der Waals surface area contributed by atoms with E-state index in [1.54, 1.807) is 47.4 Å². The van der Waals surface area contributed by atoms with Crippen molar-refractivity contribution in [3.63, 3.8) is 0 Å². The number of amides is 1. The van der Waals surface area contributed by atoms with Gasteiger partial charge in [-0.3, -0.25) is 4.79 Å². The Morgan fingerprint density at radius 1 is 1.06 bits per heavy atom. The SMILES string of the molecule is CCCN(CC(=O)N(Cc1cccc(Cl)c1)C1CCN(S(C)(=O)=O)CC1)S(=O)(=O)c1ccc(C)cc1. The Labute approximate surface area is 219 Å². The summed E-state index contributed by atoms with van der Waals surface area (Å²) in [6.45, 7) is 4.54. The molecular weight excluding hydrogens is 522 g/mol.